The summed E-state index contributed by atoms with van der Waals surface area (Å²) < 4.78 is 0. The molecule has 6 nitrogen and oxygen atoms in total. The maximum atomic E-state index is 11.5. The molecule has 0 radical (unpaired) electrons. The van der Waals surface area contributed by atoms with Gasteiger partial charge in [-0.2, -0.15) is 0 Å². The van der Waals surface area contributed by atoms with Crippen molar-refractivity contribution in [3.63, 3.8) is 0 Å². The summed E-state index contributed by atoms with van der Waals surface area (Å²) in [5, 5.41) is 0. The summed E-state index contributed by atoms with van der Waals surface area (Å²) in [6.45, 7) is 11.5. The molecule has 3 atom stereocenters. The average molecular weight is 386 g/mol. The molecule has 3 saturated heterocycles. The van der Waals surface area contributed by atoms with E-state index in [9.17, 15) is 4.79 Å². The predicted octanol–water partition coefficient (Wildman–Crippen LogP) is 2.73. The van der Waals surface area contributed by atoms with Crippen molar-refractivity contribution in [2.24, 2.45) is 5.92 Å². The van der Waals surface area contributed by atoms with Crippen molar-refractivity contribution < 1.29 is 4.79 Å². The first-order valence-electron chi connectivity index (χ1n) is 11.1. The number of ketones is 1. The largest absolute Gasteiger partial charge is 0.332 e. The molecule has 0 N–H and O–H groups in total. The molecule has 3 aliphatic rings. The molecule has 3 unspecified atom stereocenters. The molecule has 4 rings (SSSR count). The molecule has 3 aliphatic heterocycles. The molecule has 1 aromatic rings. The molecule has 3 fully saturated rings. The van der Waals surface area contributed by atoms with Crippen molar-refractivity contribution in [1.29, 1.82) is 0 Å². The zero-order chi connectivity index (χ0) is 19.7. The molecular weight excluding hydrogens is 350 g/mol. The van der Waals surface area contributed by atoms with Crippen LogP contribution in [0.1, 0.15) is 58.4 Å². The van der Waals surface area contributed by atoms with Crippen molar-refractivity contribution in [3.8, 4) is 0 Å². The minimum Gasteiger partial charge on any atom is -0.332 e. The topological polar surface area (TPSA) is 52.6 Å². The molecule has 1 aromatic heterocycles. The third-order valence-electron chi connectivity index (χ3n) is 7.22. The van der Waals surface area contributed by atoms with E-state index in [4.69, 9.17) is 9.97 Å². The van der Waals surface area contributed by atoms with Gasteiger partial charge in [0.25, 0.3) is 0 Å². The van der Waals surface area contributed by atoms with Gasteiger partial charge < -0.3 is 4.90 Å². The molecule has 0 spiro atoms. The van der Waals surface area contributed by atoms with Crippen LogP contribution in [-0.2, 0) is 11.3 Å². The molecule has 154 valence electrons. The van der Waals surface area contributed by atoms with Crippen molar-refractivity contribution in [2.75, 3.05) is 31.1 Å². The lowest BCUT2D eigenvalue weighted by Crippen LogP contribution is -2.56. The number of piperazine rings is 1. The first-order chi connectivity index (χ1) is 13.5. The first kappa shape index (κ1) is 19.8. The minimum atomic E-state index is 0.263. The zero-order valence-corrected chi connectivity index (χ0v) is 17.7. The minimum absolute atomic E-state index is 0.263. The van der Waals surface area contributed by atoms with Crippen LogP contribution in [-0.4, -0.2) is 69.9 Å². The van der Waals surface area contributed by atoms with Crippen molar-refractivity contribution in [3.05, 3.63) is 18.0 Å². The Morgan fingerprint density at radius 3 is 2.25 bits per heavy atom. The molecule has 0 amide bonds. The number of nitrogens with zero attached hydrogens (tertiary/aromatic N) is 5. The number of Topliss-reactive ketones (excluding diaryl/α,β-unsaturated/α-hetero) is 1. The molecule has 0 saturated carbocycles. The van der Waals surface area contributed by atoms with Gasteiger partial charge in [0.2, 0.25) is 5.95 Å². The van der Waals surface area contributed by atoms with Gasteiger partial charge in [0.05, 0.1) is 0 Å². The average Bonchev–Trinajstić information content (AvgIpc) is 2.97. The Morgan fingerprint density at radius 2 is 1.71 bits per heavy atom. The molecule has 6 heteroatoms. The second-order valence-corrected chi connectivity index (χ2v) is 9.06. The second kappa shape index (κ2) is 8.46. The maximum Gasteiger partial charge on any atom is 0.225 e. The number of aromatic nitrogens is 2. The van der Waals surface area contributed by atoms with E-state index >= 15 is 0 Å². The van der Waals surface area contributed by atoms with Gasteiger partial charge in [-0.1, -0.05) is 6.92 Å². The Kier molecular flexibility index (Phi) is 5.97. The second-order valence-electron chi connectivity index (χ2n) is 9.06. The van der Waals surface area contributed by atoms with Crippen LogP contribution >= 0.6 is 0 Å². The fourth-order valence-electron chi connectivity index (χ4n) is 5.20. The highest BCUT2D eigenvalue weighted by atomic mass is 16.1. The Hall–Kier alpha value is -1.53. The molecule has 2 bridgehead atoms. The summed E-state index contributed by atoms with van der Waals surface area (Å²) in [7, 11) is 0. The van der Waals surface area contributed by atoms with Crippen molar-refractivity contribution in [2.45, 2.75) is 77.5 Å². The molecule has 28 heavy (non-hydrogen) atoms. The zero-order valence-electron chi connectivity index (χ0n) is 17.7. The van der Waals surface area contributed by atoms with Gasteiger partial charge in [-0.05, 0) is 59.0 Å². The highest BCUT2D eigenvalue weighted by molar-refractivity contribution is 5.78. The van der Waals surface area contributed by atoms with Crippen LogP contribution in [0.5, 0.6) is 0 Å². The maximum absolute atomic E-state index is 11.5. The van der Waals surface area contributed by atoms with Crippen LogP contribution in [0.4, 0.5) is 5.95 Å². The lowest BCUT2D eigenvalue weighted by molar-refractivity contribution is -0.122. The van der Waals surface area contributed by atoms with E-state index < -0.39 is 0 Å². The standard InChI is InChI=1S/C22H35N5O/c1-4-16(2)26-14-20-5-6-21(15-26)27(20)22-23-11-18(12-24-22)13-25-9-7-19(8-10-25)17(3)28/h11-12,16,19-21H,4-10,13-15H2,1-3H3. The first-order valence-corrected chi connectivity index (χ1v) is 11.1. The Labute approximate surface area is 169 Å². The number of carbonyl (C=O) groups excluding carboxylic acids is 1. The number of hydrogen-bond acceptors (Lipinski definition) is 6. The van der Waals surface area contributed by atoms with E-state index in [0.29, 0.717) is 23.9 Å². The molecule has 0 aromatic carbocycles. The number of anilines is 1. The lowest BCUT2D eigenvalue weighted by Gasteiger charge is -2.43. The Balaban J connectivity index is 1.35. The van der Waals surface area contributed by atoms with E-state index in [1.54, 1.807) is 6.92 Å². The summed E-state index contributed by atoms with van der Waals surface area (Å²) in [6.07, 6.45) is 9.73. The summed E-state index contributed by atoms with van der Waals surface area (Å²) in [6, 6.07) is 1.79. The van der Waals surface area contributed by atoms with Crippen LogP contribution in [0.3, 0.4) is 0 Å². The Morgan fingerprint density at radius 1 is 1.11 bits per heavy atom. The number of hydrogen-bond donors (Lipinski definition) is 0. The van der Waals surface area contributed by atoms with Crippen LogP contribution in [0, 0.1) is 5.92 Å². The molecule has 4 heterocycles. The van der Waals surface area contributed by atoms with Gasteiger partial charge >= 0.3 is 0 Å². The quantitative estimate of drug-likeness (QED) is 0.751. The number of likely N-dealkylation sites (tertiary alicyclic amines) is 2. The summed E-state index contributed by atoms with van der Waals surface area (Å²) >= 11 is 0. The van der Waals surface area contributed by atoms with Crippen LogP contribution in [0.2, 0.25) is 0 Å². The third kappa shape index (κ3) is 4.08. The van der Waals surface area contributed by atoms with Crippen LogP contribution in [0.25, 0.3) is 0 Å². The van der Waals surface area contributed by atoms with Crippen LogP contribution in [0.15, 0.2) is 12.4 Å². The summed E-state index contributed by atoms with van der Waals surface area (Å²) in [4.78, 5) is 28.6. The lowest BCUT2D eigenvalue weighted by atomic mass is 9.93. The van der Waals surface area contributed by atoms with E-state index in [2.05, 4.69) is 28.5 Å². The number of fused-ring (bicyclic) bond motifs is 2. The van der Waals surface area contributed by atoms with Gasteiger partial charge in [-0.25, -0.2) is 9.97 Å². The molecule has 0 aliphatic carbocycles. The van der Waals surface area contributed by atoms with Crippen molar-refractivity contribution >= 4 is 11.7 Å². The normalized spacial score (nSPS) is 27.9. The SMILES string of the molecule is CCC(C)N1CC2CCC(C1)N2c1ncc(CN2CCC(C(C)=O)CC2)cn1. The number of piperidine rings is 1. The fourth-order valence-corrected chi connectivity index (χ4v) is 5.20. The van der Waals surface area contributed by atoms with Gasteiger partial charge in [-0.15, -0.1) is 0 Å². The van der Waals surface area contributed by atoms with E-state index in [1.807, 2.05) is 12.4 Å². The van der Waals surface area contributed by atoms with Gasteiger partial charge in [0.15, 0.2) is 0 Å². The highest BCUT2D eigenvalue weighted by Gasteiger charge is 2.42. The van der Waals surface area contributed by atoms with Crippen LogP contribution < -0.4 is 4.90 Å². The summed E-state index contributed by atoms with van der Waals surface area (Å²) in [5.41, 5.74) is 1.18. The van der Waals surface area contributed by atoms with Gasteiger partial charge in [-0.3, -0.25) is 14.6 Å². The molecular formula is C22H35N5O. The smallest absolute Gasteiger partial charge is 0.225 e. The van der Waals surface area contributed by atoms with E-state index in [0.717, 1.165) is 51.5 Å². The number of rotatable bonds is 6. The van der Waals surface area contributed by atoms with E-state index in [-0.39, 0.29) is 5.92 Å². The summed E-state index contributed by atoms with van der Waals surface area (Å²) in [5.74, 6) is 1.52. The monoisotopic (exact) mass is 385 g/mol. The van der Waals surface area contributed by atoms with Gasteiger partial charge in [0.1, 0.15) is 5.78 Å². The number of carbonyl (C=O) groups is 1. The fraction of sp³-hybridized carbons (Fsp3) is 0.773. The van der Waals surface area contributed by atoms with Gasteiger partial charge in [0, 0.05) is 61.6 Å². The third-order valence-corrected chi connectivity index (χ3v) is 7.22. The Bertz CT molecular complexity index is 656. The highest BCUT2D eigenvalue weighted by Crippen LogP contribution is 2.34. The van der Waals surface area contributed by atoms with Crippen molar-refractivity contribution in [1.82, 2.24) is 19.8 Å². The van der Waals surface area contributed by atoms with E-state index in [1.165, 1.54) is 24.8 Å². The predicted molar refractivity (Wildman–Crippen MR) is 111 cm³/mol.